The van der Waals surface area contributed by atoms with Gasteiger partial charge in [0.25, 0.3) is 5.91 Å². The molecule has 1 fully saturated rings. The van der Waals surface area contributed by atoms with Gasteiger partial charge in [-0.25, -0.2) is 0 Å². The highest BCUT2D eigenvalue weighted by Crippen LogP contribution is 2.29. The molecular weight excluding hydrogens is 475 g/mol. The number of nitrogens with one attached hydrogen (secondary N) is 2. The summed E-state index contributed by atoms with van der Waals surface area (Å²) in [6.07, 6.45) is -3.54. The van der Waals surface area contributed by atoms with Crippen molar-refractivity contribution in [2.24, 2.45) is 0 Å². The van der Waals surface area contributed by atoms with Gasteiger partial charge in [0.2, 0.25) is 10.3 Å². The highest BCUT2D eigenvalue weighted by atomic mass is 32.1. The molecule has 1 unspecified atom stereocenters. The Kier molecular flexibility index (Phi) is 7.07. The smallest absolute Gasteiger partial charge is 0.406 e. The summed E-state index contributed by atoms with van der Waals surface area (Å²) in [4.78, 5) is 14.8. The third-order valence-electron chi connectivity index (χ3n) is 4.92. The number of hydrogen-bond acceptors (Lipinski definition) is 10. The van der Waals surface area contributed by atoms with Gasteiger partial charge in [0, 0.05) is 32.4 Å². The van der Waals surface area contributed by atoms with E-state index in [1.165, 1.54) is 19.2 Å². The molecule has 2 aromatic heterocycles. The molecule has 10 nitrogen and oxygen atoms in total. The predicted octanol–water partition coefficient (Wildman–Crippen LogP) is 3.24. The van der Waals surface area contributed by atoms with Crippen molar-refractivity contribution in [3.05, 3.63) is 48.2 Å². The molecule has 0 spiro atoms. The largest absolute Gasteiger partial charge is 0.573 e. The highest BCUT2D eigenvalue weighted by molar-refractivity contribution is 7.19. The van der Waals surface area contributed by atoms with Crippen molar-refractivity contribution in [1.29, 1.82) is 0 Å². The summed E-state index contributed by atoms with van der Waals surface area (Å²) in [5.74, 6) is -0.259. The van der Waals surface area contributed by atoms with Crippen LogP contribution in [-0.2, 0) is 9.53 Å². The van der Waals surface area contributed by atoms with E-state index < -0.39 is 24.1 Å². The molecular formula is C20H20F3N7O3S. The van der Waals surface area contributed by atoms with Crippen LogP contribution in [0.4, 0.5) is 29.3 Å². The van der Waals surface area contributed by atoms with Crippen LogP contribution in [0, 0.1) is 0 Å². The minimum Gasteiger partial charge on any atom is -0.406 e. The van der Waals surface area contributed by atoms with Gasteiger partial charge in [-0.3, -0.25) is 10.1 Å². The SMILES string of the molecule is COC(C(=O)Nc1nnc(N[C@@H]2CCN(c3cccnn3)C2)s1)c1cccc(OC(F)(F)F)c1. The molecule has 180 valence electrons. The fourth-order valence-corrected chi connectivity index (χ4v) is 4.22. The molecule has 1 amide bonds. The number of nitrogens with zero attached hydrogens (tertiary/aromatic N) is 5. The lowest BCUT2D eigenvalue weighted by Gasteiger charge is -2.16. The number of hydrogen-bond donors (Lipinski definition) is 2. The van der Waals surface area contributed by atoms with Gasteiger partial charge < -0.3 is 19.7 Å². The zero-order valence-corrected chi connectivity index (χ0v) is 18.6. The minimum atomic E-state index is -4.84. The maximum Gasteiger partial charge on any atom is 0.573 e. The first-order chi connectivity index (χ1) is 16.3. The Bertz CT molecular complexity index is 1120. The standard InChI is InChI=1S/C20H20F3N7O3S/c1-32-16(12-4-2-5-14(10-12)33-20(21,22)23)17(31)26-19-29-28-18(34-19)25-13-7-9-30(11-13)15-6-3-8-24-27-15/h2-6,8,10,13,16H,7,9,11H2,1H3,(H,25,28)(H,26,29,31)/t13-,16?/m1/s1. The van der Waals surface area contributed by atoms with Crippen LogP contribution < -0.4 is 20.3 Å². The summed E-state index contributed by atoms with van der Waals surface area (Å²) in [6.45, 7) is 1.52. The van der Waals surface area contributed by atoms with Crippen molar-refractivity contribution in [2.45, 2.75) is 24.9 Å². The van der Waals surface area contributed by atoms with Gasteiger partial charge in [0.05, 0.1) is 0 Å². The topological polar surface area (TPSA) is 114 Å². The van der Waals surface area contributed by atoms with Crippen molar-refractivity contribution in [3.8, 4) is 5.75 Å². The number of methoxy groups -OCH3 is 1. The molecule has 2 atom stereocenters. The number of carbonyl (C=O) groups is 1. The van der Waals surface area contributed by atoms with E-state index in [1.807, 2.05) is 12.1 Å². The molecule has 3 heterocycles. The van der Waals surface area contributed by atoms with Crippen LogP contribution in [0.5, 0.6) is 5.75 Å². The van der Waals surface area contributed by atoms with Crippen molar-refractivity contribution in [1.82, 2.24) is 20.4 Å². The molecule has 14 heteroatoms. The second-order valence-corrected chi connectivity index (χ2v) is 8.27. The van der Waals surface area contributed by atoms with Crippen LogP contribution in [-0.4, -0.2) is 58.9 Å². The molecule has 2 N–H and O–H groups in total. The Balaban J connectivity index is 1.35. The van der Waals surface area contributed by atoms with Crippen molar-refractivity contribution in [2.75, 3.05) is 35.7 Å². The number of benzene rings is 1. The first-order valence-corrected chi connectivity index (χ1v) is 10.9. The number of anilines is 3. The van der Waals surface area contributed by atoms with Crippen LogP contribution in [0.2, 0.25) is 0 Å². The zero-order valence-electron chi connectivity index (χ0n) is 17.8. The van der Waals surface area contributed by atoms with Crippen LogP contribution in [0.25, 0.3) is 0 Å². The molecule has 1 aliphatic rings. The molecule has 0 saturated carbocycles. The third-order valence-corrected chi connectivity index (χ3v) is 5.69. The number of alkyl halides is 3. The number of carbonyl (C=O) groups excluding carboxylic acids is 1. The maximum atomic E-state index is 12.7. The van der Waals surface area contributed by atoms with E-state index in [0.717, 1.165) is 42.3 Å². The van der Waals surface area contributed by atoms with E-state index in [1.54, 1.807) is 6.20 Å². The second-order valence-electron chi connectivity index (χ2n) is 7.30. The van der Waals surface area contributed by atoms with Gasteiger partial charge in [0.1, 0.15) is 5.75 Å². The fourth-order valence-electron chi connectivity index (χ4n) is 3.50. The van der Waals surface area contributed by atoms with Gasteiger partial charge >= 0.3 is 6.36 Å². The summed E-state index contributed by atoms with van der Waals surface area (Å²) in [6, 6.07) is 8.88. The van der Waals surface area contributed by atoms with E-state index in [-0.39, 0.29) is 16.7 Å². The Hall–Kier alpha value is -3.52. The maximum absolute atomic E-state index is 12.7. The minimum absolute atomic E-state index is 0.113. The molecule has 0 radical (unpaired) electrons. The van der Waals surface area contributed by atoms with E-state index in [0.29, 0.717) is 11.7 Å². The lowest BCUT2D eigenvalue weighted by atomic mass is 10.1. The summed E-state index contributed by atoms with van der Waals surface area (Å²) in [5.41, 5.74) is 0.194. The van der Waals surface area contributed by atoms with Crippen molar-refractivity contribution >= 4 is 33.3 Å². The number of rotatable bonds is 8. The molecule has 34 heavy (non-hydrogen) atoms. The Morgan fingerprint density at radius 3 is 2.76 bits per heavy atom. The van der Waals surface area contributed by atoms with E-state index in [9.17, 15) is 18.0 Å². The molecule has 0 bridgehead atoms. The zero-order chi connectivity index (χ0) is 24.1. The monoisotopic (exact) mass is 495 g/mol. The van der Waals surface area contributed by atoms with Crippen molar-refractivity contribution in [3.63, 3.8) is 0 Å². The quantitative estimate of drug-likeness (QED) is 0.486. The number of amides is 1. The molecule has 3 aromatic rings. The highest BCUT2D eigenvalue weighted by Gasteiger charge is 2.32. The molecule has 1 aliphatic heterocycles. The first-order valence-electron chi connectivity index (χ1n) is 10.1. The van der Waals surface area contributed by atoms with Gasteiger partial charge in [-0.05, 0) is 36.2 Å². The Labute approximate surface area is 196 Å². The van der Waals surface area contributed by atoms with Gasteiger partial charge in [0.15, 0.2) is 11.9 Å². The fraction of sp³-hybridized carbons (Fsp3) is 0.350. The van der Waals surface area contributed by atoms with Crippen LogP contribution in [0.15, 0.2) is 42.6 Å². The van der Waals surface area contributed by atoms with E-state index in [2.05, 4.69) is 40.7 Å². The van der Waals surface area contributed by atoms with Gasteiger partial charge in [-0.2, -0.15) is 5.10 Å². The van der Waals surface area contributed by atoms with Gasteiger partial charge in [-0.15, -0.1) is 28.5 Å². The summed E-state index contributed by atoms with van der Waals surface area (Å²) in [7, 11) is 1.28. The number of halogens is 3. The second kappa shape index (κ2) is 10.2. The van der Waals surface area contributed by atoms with Crippen molar-refractivity contribution < 1.29 is 27.4 Å². The number of aromatic nitrogens is 4. The van der Waals surface area contributed by atoms with Gasteiger partial charge in [-0.1, -0.05) is 23.5 Å². The Morgan fingerprint density at radius 1 is 1.21 bits per heavy atom. The summed E-state index contributed by atoms with van der Waals surface area (Å²) >= 11 is 1.14. The average molecular weight is 495 g/mol. The Morgan fingerprint density at radius 2 is 2.03 bits per heavy atom. The summed E-state index contributed by atoms with van der Waals surface area (Å²) < 4.78 is 46.6. The van der Waals surface area contributed by atoms with E-state index >= 15 is 0 Å². The number of ether oxygens (including phenoxy) is 2. The van der Waals surface area contributed by atoms with Crippen LogP contribution in [0.3, 0.4) is 0 Å². The normalized spacial score (nSPS) is 16.8. The lowest BCUT2D eigenvalue weighted by Crippen LogP contribution is -2.26. The first kappa shape index (κ1) is 23.6. The van der Waals surface area contributed by atoms with E-state index in [4.69, 9.17) is 4.74 Å². The molecule has 1 saturated heterocycles. The molecule has 4 rings (SSSR count). The molecule has 1 aromatic carbocycles. The third kappa shape index (κ3) is 6.08. The molecule has 0 aliphatic carbocycles. The lowest BCUT2D eigenvalue weighted by molar-refractivity contribution is -0.274. The predicted molar refractivity (Wildman–Crippen MR) is 118 cm³/mol. The van der Waals surface area contributed by atoms with Crippen LogP contribution in [0.1, 0.15) is 18.1 Å². The van der Waals surface area contributed by atoms with Crippen LogP contribution >= 0.6 is 11.3 Å². The average Bonchev–Trinajstić information content (AvgIpc) is 3.44. The summed E-state index contributed by atoms with van der Waals surface area (Å²) in [5, 5.41) is 22.6.